The first-order valence-electron chi connectivity index (χ1n) is 6.41. The van der Waals surface area contributed by atoms with Crippen LogP contribution < -0.4 is 20.9 Å². The summed E-state index contributed by atoms with van der Waals surface area (Å²) in [7, 11) is 0. The van der Waals surface area contributed by atoms with E-state index in [-0.39, 0.29) is 24.2 Å². The number of hydrogen-bond donors (Lipinski definition) is 3. The Hall–Kier alpha value is -1.67. The minimum atomic E-state index is -0.353. The van der Waals surface area contributed by atoms with Gasteiger partial charge in [0.15, 0.2) is 0 Å². The van der Waals surface area contributed by atoms with E-state index in [0.29, 0.717) is 12.5 Å². The molecule has 0 spiro atoms. The Morgan fingerprint density at radius 2 is 2.21 bits per heavy atom. The Morgan fingerprint density at radius 1 is 1.42 bits per heavy atom. The van der Waals surface area contributed by atoms with Crippen molar-refractivity contribution < 1.29 is 9.84 Å². The molecule has 106 valence electrons. The largest absolute Gasteiger partial charge is 0.461 e. The lowest BCUT2D eigenvalue weighted by molar-refractivity contribution is 0.153. The van der Waals surface area contributed by atoms with E-state index >= 15 is 0 Å². The molecule has 2 rings (SSSR count). The summed E-state index contributed by atoms with van der Waals surface area (Å²) in [6, 6.07) is 0.230. The van der Waals surface area contributed by atoms with Gasteiger partial charge in [-0.2, -0.15) is 15.0 Å². The summed E-state index contributed by atoms with van der Waals surface area (Å²) in [6.45, 7) is 5.09. The van der Waals surface area contributed by atoms with Crippen molar-refractivity contribution in [1.29, 1.82) is 0 Å². The van der Waals surface area contributed by atoms with Crippen LogP contribution in [0.4, 0.5) is 11.9 Å². The number of hydrazine groups is 1. The fourth-order valence-electron chi connectivity index (χ4n) is 1.95. The van der Waals surface area contributed by atoms with Gasteiger partial charge in [-0.05, 0) is 26.7 Å². The lowest BCUT2D eigenvalue weighted by atomic mass is 10.1. The quantitative estimate of drug-likeness (QED) is 0.513. The van der Waals surface area contributed by atoms with Crippen molar-refractivity contribution in [1.82, 2.24) is 15.0 Å². The molecule has 0 radical (unpaired) electrons. The molecule has 8 nitrogen and oxygen atoms in total. The van der Waals surface area contributed by atoms with Crippen molar-refractivity contribution in [2.24, 2.45) is 5.84 Å². The first kappa shape index (κ1) is 13.8. The van der Waals surface area contributed by atoms with Gasteiger partial charge in [0, 0.05) is 13.1 Å². The second-order valence-corrected chi connectivity index (χ2v) is 4.79. The van der Waals surface area contributed by atoms with Crippen molar-refractivity contribution in [3.63, 3.8) is 0 Å². The van der Waals surface area contributed by atoms with E-state index in [0.717, 1.165) is 19.4 Å². The van der Waals surface area contributed by atoms with E-state index in [2.05, 4.69) is 20.4 Å². The summed E-state index contributed by atoms with van der Waals surface area (Å²) < 4.78 is 5.47. The van der Waals surface area contributed by atoms with Crippen molar-refractivity contribution >= 4 is 11.9 Å². The van der Waals surface area contributed by atoms with Crippen molar-refractivity contribution in [3.05, 3.63) is 0 Å². The molecule has 1 saturated heterocycles. The lowest BCUT2D eigenvalue weighted by Crippen LogP contribution is -2.39. The summed E-state index contributed by atoms with van der Waals surface area (Å²) >= 11 is 0. The summed E-state index contributed by atoms with van der Waals surface area (Å²) in [5, 5.41) is 9.70. The van der Waals surface area contributed by atoms with Crippen LogP contribution in [-0.2, 0) is 0 Å². The molecule has 1 aliphatic heterocycles. The summed E-state index contributed by atoms with van der Waals surface area (Å²) in [6.07, 6.45) is 1.32. The van der Waals surface area contributed by atoms with Gasteiger partial charge in [0.05, 0.1) is 12.2 Å². The summed E-state index contributed by atoms with van der Waals surface area (Å²) in [4.78, 5) is 14.4. The molecule has 1 aliphatic rings. The molecule has 4 N–H and O–H groups in total. The van der Waals surface area contributed by atoms with Crippen LogP contribution in [0.5, 0.6) is 6.01 Å². The predicted molar refractivity (Wildman–Crippen MR) is 70.9 cm³/mol. The fourth-order valence-corrected chi connectivity index (χ4v) is 1.95. The minimum absolute atomic E-state index is 0.0344. The van der Waals surface area contributed by atoms with E-state index in [9.17, 15) is 5.11 Å². The number of nitrogens with one attached hydrogen (secondary N) is 1. The number of anilines is 2. The molecule has 0 amide bonds. The van der Waals surface area contributed by atoms with Crippen LogP contribution in [0.1, 0.15) is 26.7 Å². The molecule has 0 aromatic carbocycles. The smallest absolute Gasteiger partial charge is 0.323 e. The molecular formula is C11H20N6O2. The summed E-state index contributed by atoms with van der Waals surface area (Å²) in [5.41, 5.74) is 2.40. The molecule has 0 aliphatic carbocycles. The number of ether oxygens (including phenoxy) is 1. The van der Waals surface area contributed by atoms with Crippen LogP contribution in [0.25, 0.3) is 0 Å². The highest BCUT2D eigenvalue weighted by atomic mass is 16.5. The number of rotatable bonds is 4. The minimum Gasteiger partial charge on any atom is -0.461 e. The van der Waals surface area contributed by atoms with Gasteiger partial charge in [0.1, 0.15) is 0 Å². The third kappa shape index (κ3) is 3.65. The molecule has 19 heavy (non-hydrogen) atoms. The maximum Gasteiger partial charge on any atom is 0.323 e. The Bertz CT molecular complexity index is 428. The van der Waals surface area contributed by atoms with Crippen LogP contribution >= 0.6 is 0 Å². The third-order valence-electron chi connectivity index (χ3n) is 2.75. The zero-order valence-electron chi connectivity index (χ0n) is 11.2. The molecule has 1 unspecified atom stereocenters. The Labute approximate surface area is 112 Å². The lowest BCUT2D eigenvalue weighted by Gasteiger charge is -2.30. The number of piperidine rings is 1. The first-order valence-corrected chi connectivity index (χ1v) is 6.41. The number of β-amino-alcohol motifs (C(OH)–C–C–N with tert-alkyl or cyclic N) is 1. The molecule has 8 heteroatoms. The predicted octanol–water partition coefficient (Wildman–Crippen LogP) is -0.0945. The molecule has 1 atom stereocenters. The average molecular weight is 268 g/mol. The van der Waals surface area contributed by atoms with Gasteiger partial charge in [-0.3, -0.25) is 5.43 Å². The van der Waals surface area contributed by atoms with Crippen LogP contribution in [0, 0.1) is 0 Å². The third-order valence-corrected chi connectivity index (χ3v) is 2.75. The van der Waals surface area contributed by atoms with Crippen LogP contribution in [0.3, 0.4) is 0 Å². The number of aromatic nitrogens is 3. The van der Waals surface area contributed by atoms with Gasteiger partial charge in [-0.15, -0.1) is 0 Å². The number of aliphatic hydroxyl groups excluding tert-OH is 1. The second-order valence-electron chi connectivity index (χ2n) is 4.79. The number of nitrogens with two attached hydrogens (primary N) is 1. The maximum absolute atomic E-state index is 9.70. The molecule has 1 aromatic heterocycles. The Balaban J connectivity index is 2.22. The molecule has 1 fully saturated rings. The van der Waals surface area contributed by atoms with E-state index in [4.69, 9.17) is 10.6 Å². The normalized spacial score (nSPS) is 19.6. The van der Waals surface area contributed by atoms with Gasteiger partial charge in [-0.25, -0.2) is 5.84 Å². The number of aliphatic hydroxyl groups is 1. The van der Waals surface area contributed by atoms with Crippen molar-refractivity contribution in [3.8, 4) is 6.01 Å². The zero-order valence-corrected chi connectivity index (χ0v) is 11.2. The highest BCUT2D eigenvalue weighted by molar-refractivity contribution is 5.38. The highest BCUT2D eigenvalue weighted by Gasteiger charge is 2.21. The van der Waals surface area contributed by atoms with Crippen molar-refractivity contribution in [2.45, 2.75) is 38.9 Å². The number of hydrogen-bond acceptors (Lipinski definition) is 8. The van der Waals surface area contributed by atoms with Gasteiger partial charge in [0.25, 0.3) is 0 Å². The van der Waals surface area contributed by atoms with Gasteiger partial charge in [0.2, 0.25) is 11.9 Å². The number of nitrogens with zero attached hydrogens (tertiary/aromatic N) is 4. The van der Waals surface area contributed by atoms with E-state index < -0.39 is 0 Å². The fraction of sp³-hybridized carbons (Fsp3) is 0.727. The Morgan fingerprint density at radius 3 is 2.84 bits per heavy atom. The van der Waals surface area contributed by atoms with Gasteiger partial charge < -0.3 is 14.7 Å². The first-order chi connectivity index (χ1) is 9.08. The monoisotopic (exact) mass is 268 g/mol. The van der Waals surface area contributed by atoms with Crippen molar-refractivity contribution in [2.75, 3.05) is 23.4 Å². The van der Waals surface area contributed by atoms with Gasteiger partial charge in [-0.1, -0.05) is 0 Å². The van der Waals surface area contributed by atoms with E-state index in [1.165, 1.54) is 0 Å². The standard InChI is InChI=1S/C11H20N6O2/c1-7(2)19-11-14-9(16-12)13-10(15-11)17-5-3-4-8(18)6-17/h7-8,18H,3-6,12H2,1-2H3,(H,13,14,15,16). The average Bonchev–Trinajstić information content (AvgIpc) is 2.37. The highest BCUT2D eigenvalue weighted by Crippen LogP contribution is 2.19. The molecular weight excluding hydrogens is 248 g/mol. The summed E-state index contributed by atoms with van der Waals surface area (Å²) in [5.74, 6) is 6.07. The second kappa shape index (κ2) is 5.98. The van der Waals surface area contributed by atoms with Crippen LogP contribution in [0.15, 0.2) is 0 Å². The Kier molecular flexibility index (Phi) is 4.33. The SMILES string of the molecule is CC(C)Oc1nc(NN)nc(N2CCCC(O)C2)n1. The van der Waals surface area contributed by atoms with Crippen LogP contribution in [0.2, 0.25) is 0 Å². The number of nitrogen functional groups attached to an aromatic ring is 1. The maximum atomic E-state index is 9.70. The van der Waals surface area contributed by atoms with E-state index in [1.807, 2.05) is 18.7 Å². The molecule has 2 heterocycles. The molecule has 0 saturated carbocycles. The van der Waals surface area contributed by atoms with Crippen LogP contribution in [-0.4, -0.2) is 45.4 Å². The molecule has 0 bridgehead atoms. The topological polar surface area (TPSA) is 109 Å². The zero-order chi connectivity index (χ0) is 13.8. The molecule has 1 aromatic rings. The van der Waals surface area contributed by atoms with Gasteiger partial charge >= 0.3 is 6.01 Å². The van der Waals surface area contributed by atoms with E-state index in [1.54, 1.807) is 0 Å².